The van der Waals surface area contributed by atoms with Crippen molar-refractivity contribution in [1.82, 2.24) is 0 Å². The maximum Gasteiger partial charge on any atom is 0.175 e. The molecule has 0 radical (unpaired) electrons. The Morgan fingerprint density at radius 3 is 2.56 bits per heavy atom. The quantitative estimate of drug-likeness (QED) is 0.704. The van der Waals surface area contributed by atoms with Crippen molar-refractivity contribution in [3.05, 3.63) is 45.8 Å². The SMILES string of the molecule is Cc1ccc(-c2ccc(C(=O)C(C)C)s2)c(Cl)c1. The van der Waals surface area contributed by atoms with Gasteiger partial charge in [-0.1, -0.05) is 37.6 Å². The minimum Gasteiger partial charge on any atom is -0.293 e. The molecular formula is C15H15ClOS. The van der Waals surface area contributed by atoms with E-state index in [-0.39, 0.29) is 11.7 Å². The second-order valence-corrected chi connectivity index (χ2v) is 6.16. The molecule has 0 amide bonds. The Balaban J connectivity index is 2.38. The highest BCUT2D eigenvalue weighted by Gasteiger charge is 2.14. The molecule has 1 nitrogen and oxygen atoms in total. The normalized spacial score (nSPS) is 10.9. The number of hydrogen-bond donors (Lipinski definition) is 0. The van der Waals surface area contributed by atoms with Gasteiger partial charge in [0.25, 0.3) is 0 Å². The summed E-state index contributed by atoms with van der Waals surface area (Å²) in [6.45, 7) is 5.85. The van der Waals surface area contributed by atoms with E-state index >= 15 is 0 Å². The third-order valence-corrected chi connectivity index (χ3v) is 4.21. The monoisotopic (exact) mass is 278 g/mol. The minimum absolute atomic E-state index is 0.0324. The van der Waals surface area contributed by atoms with E-state index in [1.807, 2.05) is 51.1 Å². The summed E-state index contributed by atoms with van der Waals surface area (Å²) in [6, 6.07) is 9.84. The van der Waals surface area contributed by atoms with E-state index in [1.165, 1.54) is 11.3 Å². The predicted molar refractivity (Wildman–Crippen MR) is 78.7 cm³/mol. The highest BCUT2D eigenvalue weighted by atomic mass is 35.5. The fraction of sp³-hybridized carbons (Fsp3) is 0.267. The topological polar surface area (TPSA) is 17.1 Å². The van der Waals surface area contributed by atoms with Crippen LogP contribution in [-0.4, -0.2) is 5.78 Å². The van der Waals surface area contributed by atoms with Gasteiger partial charge in [0, 0.05) is 21.4 Å². The van der Waals surface area contributed by atoms with E-state index in [4.69, 9.17) is 11.6 Å². The summed E-state index contributed by atoms with van der Waals surface area (Å²) in [5.74, 6) is 0.222. The van der Waals surface area contributed by atoms with Crippen LogP contribution in [0.4, 0.5) is 0 Å². The van der Waals surface area contributed by atoms with Gasteiger partial charge in [-0.2, -0.15) is 0 Å². The summed E-state index contributed by atoms with van der Waals surface area (Å²) in [5, 5.41) is 0.736. The highest BCUT2D eigenvalue weighted by Crippen LogP contribution is 2.34. The van der Waals surface area contributed by atoms with Crippen molar-refractivity contribution in [3.8, 4) is 10.4 Å². The predicted octanol–water partition coefficient (Wildman–Crippen LogP) is 5.22. The van der Waals surface area contributed by atoms with E-state index in [0.29, 0.717) is 0 Å². The summed E-state index contributed by atoms with van der Waals surface area (Å²) in [5.41, 5.74) is 2.13. The summed E-state index contributed by atoms with van der Waals surface area (Å²) in [6.07, 6.45) is 0. The molecule has 0 bridgehead atoms. The number of carbonyl (C=O) groups is 1. The zero-order valence-corrected chi connectivity index (χ0v) is 12.2. The molecule has 18 heavy (non-hydrogen) atoms. The van der Waals surface area contributed by atoms with Crippen LogP contribution in [0.2, 0.25) is 5.02 Å². The van der Waals surface area contributed by atoms with Crippen LogP contribution in [-0.2, 0) is 0 Å². The van der Waals surface area contributed by atoms with E-state index in [9.17, 15) is 4.79 Å². The average Bonchev–Trinajstić information content (AvgIpc) is 2.77. The van der Waals surface area contributed by atoms with Crippen molar-refractivity contribution in [2.75, 3.05) is 0 Å². The van der Waals surface area contributed by atoms with Crippen LogP contribution in [0.1, 0.15) is 29.1 Å². The lowest BCUT2D eigenvalue weighted by Crippen LogP contribution is -2.04. The molecule has 0 fully saturated rings. The average molecular weight is 279 g/mol. The molecule has 2 rings (SSSR count). The van der Waals surface area contributed by atoms with Crippen LogP contribution in [0.5, 0.6) is 0 Å². The Labute approximate surface area is 116 Å². The molecule has 0 saturated heterocycles. The number of ketones is 1. The smallest absolute Gasteiger partial charge is 0.175 e. The number of benzene rings is 1. The maximum absolute atomic E-state index is 11.9. The lowest BCUT2D eigenvalue weighted by atomic mass is 10.1. The Morgan fingerprint density at radius 1 is 1.22 bits per heavy atom. The van der Waals surface area contributed by atoms with E-state index < -0.39 is 0 Å². The molecule has 1 heterocycles. The van der Waals surface area contributed by atoms with Gasteiger partial charge < -0.3 is 0 Å². The van der Waals surface area contributed by atoms with Crippen molar-refractivity contribution in [3.63, 3.8) is 0 Å². The molecule has 0 atom stereocenters. The molecule has 0 aliphatic carbocycles. The maximum atomic E-state index is 11.9. The zero-order valence-electron chi connectivity index (χ0n) is 10.7. The number of thiophene rings is 1. The Morgan fingerprint density at radius 2 is 1.94 bits per heavy atom. The van der Waals surface area contributed by atoms with Crippen molar-refractivity contribution in [2.24, 2.45) is 5.92 Å². The van der Waals surface area contributed by atoms with Gasteiger partial charge in [0.15, 0.2) is 5.78 Å². The van der Waals surface area contributed by atoms with Crippen molar-refractivity contribution in [2.45, 2.75) is 20.8 Å². The van der Waals surface area contributed by atoms with Crippen molar-refractivity contribution >= 4 is 28.7 Å². The number of aryl methyl sites for hydroxylation is 1. The van der Waals surface area contributed by atoms with Crippen molar-refractivity contribution in [1.29, 1.82) is 0 Å². The fourth-order valence-electron chi connectivity index (χ4n) is 1.72. The summed E-state index contributed by atoms with van der Waals surface area (Å²) in [4.78, 5) is 13.8. The first kappa shape index (κ1) is 13.3. The molecule has 0 saturated carbocycles. The minimum atomic E-state index is 0.0324. The van der Waals surface area contributed by atoms with Crippen LogP contribution in [0.25, 0.3) is 10.4 Å². The van der Waals surface area contributed by atoms with Gasteiger partial charge in [-0.05, 0) is 30.7 Å². The zero-order chi connectivity index (χ0) is 13.3. The number of hydrogen-bond acceptors (Lipinski definition) is 2. The number of carbonyl (C=O) groups excluding carboxylic acids is 1. The van der Waals surface area contributed by atoms with Crippen LogP contribution in [0.3, 0.4) is 0 Å². The van der Waals surface area contributed by atoms with E-state index in [2.05, 4.69) is 0 Å². The van der Waals surface area contributed by atoms with Gasteiger partial charge in [0.2, 0.25) is 0 Å². The third-order valence-electron chi connectivity index (χ3n) is 2.76. The molecule has 0 aliphatic heterocycles. The van der Waals surface area contributed by atoms with Gasteiger partial charge in [0.05, 0.1) is 4.88 Å². The van der Waals surface area contributed by atoms with Crippen LogP contribution < -0.4 is 0 Å². The number of rotatable bonds is 3. The molecule has 1 aromatic carbocycles. The lowest BCUT2D eigenvalue weighted by Gasteiger charge is -2.03. The molecule has 2 aromatic rings. The Bertz CT molecular complexity index is 584. The molecule has 1 aromatic heterocycles. The highest BCUT2D eigenvalue weighted by molar-refractivity contribution is 7.17. The molecule has 3 heteroatoms. The number of Topliss-reactive ketones (excluding diaryl/α,β-unsaturated/α-hetero) is 1. The largest absolute Gasteiger partial charge is 0.293 e. The molecule has 0 spiro atoms. The lowest BCUT2D eigenvalue weighted by molar-refractivity contribution is 0.0943. The second-order valence-electron chi connectivity index (χ2n) is 4.67. The van der Waals surface area contributed by atoms with Gasteiger partial charge in [-0.15, -0.1) is 11.3 Å². The standard InChI is InChI=1S/C15H15ClOS/c1-9(2)15(17)14-7-6-13(18-14)11-5-4-10(3)8-12(11)16/h4-9H,1-3H3. The molecule has 94 valence electrons. The van der Waals surface area contributed by atoms with Gasteiger partial charge in [0.1, 0.15) is 0 Å². The van der Waals surface area contributed by atoms with Crippen molar-refractivity contribution < 1.29 is 4.79 Å². The van der Waals surface area contributed by atoms with E-state index in [0.717, 1.165) is 25.9 Å². The van der Waals surface area contributed by atoms with Crippen LogP contribution in [0.15, 0.2) is 30.3 Å². The third kappa shape index (κ3) is 2.65. The first-order chi connectivity index (χ1) is 8.49. The first-order valence-corrected chi connectivity index (χ1v) is 7.09. The molecule has 0 unspecified atom stereocenters. The van der Waals surface area contributed by atoms with Gasteiger partial charge >= 0.3 is 0 Å². The molecule has 0 N–H and O–H groups in total. The second kappa shape index (κ2) is 5.25. The van der Waals surface area contributed by atoms with E-state index in [1.54, 1.807) is 0 Å². The van der Waals surface area contributed by atoms with Crippen LogP contribution >= 0.6 is 22.9 Å². The summed E-state index contributed by atoms with van der Waals surface area (Å²) in [7, 11) is 0. The Kier molecular flexibility index (Phi) is 3.88. The Hall–Kier alpha value is -1.12. The first-order valence-electron chi connectivity index (χ1n) is 5.89. The fourth-order valence-corrected chi connectivity index (χ4v) is 3.25. The molecule has 0 aliphatic rings. The van der Waals surface area contributed by atoms with Crippen LogP contribution in [0, 0.1) is 12.8 Å². The van der Waals surface area contributed by atoms with Gasteiger partial charge in [-0.25, -0.2) is 0 Å². The summed E-state index contributed by atoms with van der Waals surface area (Å²) >= 11 is 7.75. The number of halogens is 1. The van der Waals surface area contributed by atoms with Gasteiger partial charge in [-0.3, -0.25) is 4.79 Å². The molecular weight excluding hydrogens is 264 g/mol. The summed E-state index contributed by atoms with van der Waals surface area (Å²) < 4.78 is 0.